The number of rotatable bonds is 5. The summed E-state index contributed by atoms with van der Waals surface area (Å²) >= 11 is 0. The summed E-state index contributed by atoms with van der Waals surface area (Å²) in [6, 6.07) is 6.67. The molecule has 0 fully saturated rings. The van der Waals surface area contributed by atoms with Crippen molar-refractivity contribution in [1.82, 2.24) is 10.6 Å². The zero-order valence-electron chi connectivity index (χ0n) is 13.4. The normalized spacial score (nSPS) is 10.3. The predicted octanol–water partition coefficient (Wildman–Crippen LogP) is 0.650. The zero-order chi connectivity index (χ0) is 16.8. The molecule has 0 saturated carbocycles. The van der Waals surface area contributed by atoms with Gasteiger partial charge in [0.1, 0.15) is 0 Å². The van der Waals surface area contributed by atoms with Crippen molar-refractivity contribution in [2.24, 2.45) is 5.73 Å². The molecular formula is C15H23ClN4O3. The van der Waals surface area contributed by atoms with Crippen molar-refractivity contribution < 1.29 is 14.4 Å². The van der Waals surface area contributed by atoms with E-state index in [1.165, 1.54) is 0 Å². The second-order valence-corrected chi connectivity index (χ2v) is 5.78. The number of nitrogens with one attached hydrogen (secondary N) is 3. The van der Waals surface area contributed by atoms with Crippen LogP contribution < -0.4 is 21.7 Å². The van der Waals surface area contributed by atoms with E-state index in [1.54, 1.807) is 24.3 Å². The molecular weight excluding hydrogens is 320 g/mol. The van der Waals surface area contributed by atoms with Crippen molar-refractivity contribution in [3.8, 4) is 0 Å². The predicted molar refractivity (Wildman–Crippen MR) is 91.6 cm³/mol. The molecule has 0 aliphatic carbocycles. The Morgan fingerprint density at radius 3 is 2.26 bits per heavy atom. The van der Waals surface area contributed by atoms with Crippen LogP contribution >= 0.6 is 12.4 Å². The molecule has 3 amide bonds. The highest BCUT2D eigenvalue weighted by atomic mass is 35.5. The summed E-state index contributed by atoms with van der Waals surface area (Å²) in [4.78, 5) is 35.0. The molecule has 0 heterocycles. The highest BCUT2D eigenvalue weighted by Gasteiger charge is 2.18. The molecule has 8 heteroatoms. The second-order valence-electron chi connectivity index (χ2n) is 5.78. The standard InChI is InChI=1S/C15H22N4O3.ClH/c1-15(2,3)19-14(22)10-6-4-5-7-11(10)18-13(21)9-17-12(20)8-16;/h4-7H,8-9,16H2,1-3H3,(H,17,20)(H,18,21)(H,19,22);1H. The third-order valence-corrected chi connectivity index (χ3v) is 2.57. The Kier molecular flexibility index (Phi) is 8.28. The van der Waals surface area contributed by atoms with Crippen LogP contribution in [-0.2, 0) is 9.59 Å². The lowest BCUT2D eigenvalue weighted by molar-refractivity contribution is -0.123. The van der Waals surface area contributed by atoms with Crippen molar-refractivity contribution in [2.45, 2.75) is 26.3 Å². The SMILES string of the molecule is CC(C)(C)NC(=O)c1ccccc1NC(=O)CNC(=O)CN.Cl. The van der Waals surface area contributed by atoms with Crippen LogP contribution in [0.4, 0.5) is 5.69 Å². The van der Waals surface area contributed by atoms with Crippen molar-refractivity contribution in [3.63, 3.8) is 0 Å². The molecule has 5 N–H and O–H groups in total. The van der Waals surface area contributed by atoms with Gasteiger partial charge in [-0.2, -0.15) is 0 Å². The number of hydrogen-bond acceptors (Lipinski definition) is 4. The molecule has 1 rings (SSSR count). The maximum Gasteiger partial charge on any atom is 0.253 e. The monoisotopic (exact) mass is 342 g/mol. The molecule has 0 spiro atoms. The first-order chi connectivity index (χ1) is 10.2. The van der Waals surface area contributed by atoms with Crippen LogP contribution in [0.25, 0.3) is 0 Å². The average Bonchev–Trinajstić information content (AvgIpc) is 2.43. The van der Waals surface area contributed by atoms with Gasteiger partial charge in [-0.05, 0) is 32.9 Å². The van der Waals surface area contributed by atoms with Gasteiger partial charge in [0.2, 0.25) is 11.8 Å². The Morgan fingerprint density at radius 2 is 1.70 bits per heavy atom. The molecule has 1 aromatic rings. The summed E-state index contributed by atoms with van der Waals surface area (Å²) in [6.07, 6.45) is 0. The molecule has 0 aliphatic heterocycles. The molecule has 1 aromatic carbocycles. The summed E-state index contributed by atoms with van der Waals surface area (Å²) in [7, 11) is 0. The van der Waals surface area contributed by atoms with Gasteiger partial charge < -0.3 is 21.7 Å². The number of benzene rings is 1. The summed E-state index contributed by atoms with van der Waals surface area (Å²) in [5.74, 6) is -1.14. The maximum absolute atomic E-state index is 12.2. The van der Waals surface area contributed by atoms with E-state index < -0.39 is 11.8 Å². The van der Waals surface area contributed by atoms with Gasteiger partial charge >= 0.3 is 0 Å². The smallest absolute Gasteiger partial charge is 0.253 e. The minimum Gasteiger partial charge on any atom is -0.347 e. The van der Waals surface area contributed by atoms with Crippen LogP contribution in [0.3, 0.4) is 0 Å². The Balaban J connectivity index is 0.00000484. The fourth-order valence-corrected chi connectivity index (χ4v) is 1.64. The largest absolute Gasteiger partial charge is 0.347 e. The van der Waals surface area contributed by atoms with E-state index in [0.29, 0.717) is 11.3 Å². The van der Waals surface area contributed by atoms with E-state index >= 15 is 0 Å². The van der Waals surface area contributed by atoms with Crippen LogP contribution in [0.1, 0.15) is 31.1 Å². The Labute approximate surface area is 141 Å². The topological polar surface area (TPSA) is 113 Å². The van der Waals surface area contributed by atoms with E-state index in [2.05, 4.69) is 16.0 Å². The van der Waals surface area contributed by atoms with Crippen LogP contribution in [-0.4, -0.2) is 36.3 Å². The van der Waals surface area contributed by atoms with Gasteiger partial charge in [-0.15, -0.1) is 12.4 Å². The lowest BCUT2D eigenvalue weighted by atomic mass is 10.1. The highest BCUT2D eigenvalue weighted by Crippen LogP contribution is 2.16. The number of hydrogen-bond donors (Lipinski definition) is 4. The average molecular weight is 343 g/mol. The molecule has 0 radical (unpaired) electrons. The van der Waals surface area contributed by atoms with E-state index in [4.69, 9.17) is 5.73 Å². The summed E-state index contributed by atoms with van der Waals surface area (Å²) in [6.45, 7) is 5.22. The van der Waals surface area contributed by atoms with Gasteiger partial charge in [-0.3, -0.25) is 14.4 Å². The minimum atomic E-state index is -0.433. The molecule has 0 bridgehead atoms. The van der Waals surface area contributed by atoms with Gasteiger partial charge in [0, 0.05) is 5.54 Å². The maximum atomic E-state index is 12.2. The third-order valence-electron chi connectivity index (χ3n) is 2.57. The Morgan fingerprint density at radius 1 is 1.09 bits per heavy atom. The fourth-order valence-electron chi connectivity index (χ4n) is 1.64. The van der Waals surface area contributed by atoms with Gasteiger partial charge in [-0.1, -0.05) is 12.1 Å². The van der Waals surface area contributed by atoms with Crippen molar-refractivity contribution >= 4 is 35.8 Å². The first-order valence-electron chi connectivity index (χ1n) is 6.91. The summed E-state index contributed by atoms with van der Waals surface area (Å²) < 4.78 is 0. The number of halogens is 1. The third kappa shape index (κ3) is 7.62. The molecule has 7 nitrogen and oxygen atoms in total. The number of anilines is 1. The molecule has 0 aromatic heterocycles. The molecule has 23 heavy (non-hydrogen) atoms. The summed E-state index contributed by atoms with van der Waals surface area (Å²) in [5.41, 5.74) is 5.49. The van der Waals surface area contributed by atoms with E-state index in [-0.39, 0.29) is 36.9 Å². The van der Waals surface area contributed by atoms with Crippen LogP contribution in [0.2, 0.25) is 0 Å². The fraction of sp³-hybridized carbons (Fsp3) is 0.400. The first kappa shape index (κ1) is 20.9. The van der Waals surface area contributed by atoms with Crippen molar-refractivity contribution in [3.05, 3.63) is 29.8 Å². The zero-order valence-corrected chi connectivity index (χ0v) is 14.3. The van der Waals surface area contributed by atoms with Gasteiger partial charge in [0.05, 0.1) is 24.3 Å². The van der Waals surface area contributed by atoms with E-state index in [9.17, 15) is 14.4 Å². The highest BCUT2D eigenvalue weighted by molar-refractivity contribution is 6.04. The molecule has 0 atom stereocenters. The molecule has 128 valence electrons. The lowest BCUT2D eigenvalue weighted by Gasteiger charge is -2.21. The number of para-hydroxylation sites is 1. The minimum absolute atomic E-state index is 0. The van der Waals surface area contributed by atoms with Gasteiger partial charge in [0.15, 0.2) is 0 Å². The van der Waals surface area contributed by atoms with Crippen molar-refractivity contribution in [1.29, 1.82) is 0 Å². The lowest BCUT2D eigenvalue weighted by Crippen LogP contribution is -2.41. The molecule has 0 unspecified atom stereocenters. The number of carbonyl (C=O) groups excluding carboxylic acids is 3. The number of nitrogens with two attached hydrogens (primary N) is 1. The Bertz CT molecular complexity index is 570. The van der Waals surface area contributed by atoms with E-state index in [0.717, 1.165) is 0 Å². The summed E-state index contributed by atoms with van der Waals surface area (Å²) in [5, 5.41) is 7.80. The number of carbonyl (C=O) groups is 3. The quantitative estimate of drug-likeness (QED) is 0.629. The van der Waals surface area contributed by atoms with Gasteiger partial charge in [-0.25, -0.2) is 0 Å². The van der Waals surface area contributed by atoms with Crippen molar-refractivity contribution in [2.75, 3.05) is 18.4 Å². The molecule has 0 saturated heterocycles. The van der Waals surface area contributed by atoms with Crippen LogP contribution in [0.15, 0.2) is 24.3 Å². The second kappa shape index (κ2) is 9.12. The number of amides is 3. The molecule has 0 aliphatic rings. The van der Waals surface area contributed by atoms with E-state index in [1.807, 2.05) is 20.8 Å². The van der Waals surface area contributed by atoms with Gasteiger partial charge in [0.25, 0.3) is 5.91 Å². The van der Waals surface area contributed by atoms with Crippen LogP contribution in [0, 0.1) is 0 Å². The first-order valence-corrected chi connectivity index (χ1v) is 6.91. The Hall–Kier alpha value is -2.12. The van der Waals surface area contributed by atoms with Crippen LogP contribution in [0.5, 0.6) is 0 Å².